The summed E-state index contributed by atoms with van der Waals surface area (Å²) in [4.78, 5) is 36.8. The quantitative estimate of drug-likeness (QED) is 0.311. The maximum atomic E-state index is 12.7. The highest BCUT2D eigenvalue weighted by Crippen LogP contribution is 2.46. The fourth-order valence-corrected chi connectivity index (χ4v) is 3.58. The Bertz CT molecular complexity index is 906. The second-order valence-electron chi connectivity index (χ2n) is 7.34. The molecule has 1 amide bonds. The van der Waals surface area contributed by atoms with Gasteiger partial charge in [0.2, 0.25) is 0 Å². The molecule has 0 radical (unpaired) electrons. The third kappa shape index (κ3) is 3.94. The summed E-state index contributed by atoms with van der Waals surface area (Å²) in [6.07, 6.45) is 2.03. The van der Waals surface area contributed by atoms with E-state index in [1.54, 1.807) is 19.9 Å². The van der Waals surface area contributed by atoms with Gasteiger partial charge >= 0.3 is 5.97 Å². The summed E-state index contributed by atoms with van der Waals surface area (Å²) >= 11 is 0. The molecule has 2 atom stereocenters. The Morgan fingerprint density at radius 1 is 1.48 bits per heavy atom. The van der Waals surface area contributed by atoms with E-state index in [-0.39, 0.29) is 24.7 Å². The van der Waals surface area contributed by atoms with Crippen LogP contribution in [0.25, 0.3) is 0 Å². The van der Waals surface area contributed by atoms with Crippen LogP contribution in [0.2, 0.25) is 0 Å². The van der Waals surface area contributed by atoms with Gasteiger partial charge in [0.05, 0.1) is 11.5 Å². The topological polar surface area (TPSA) is 108 Å². The summed E-state index contributed by atoms with van der Waals surface area (Å²) in [7, 11) is 0. The first-order valence-electron chi connectivity index (χ1n) is 9.03. The minimum Gasteiger partial charge on any atom is -0.492 e. The lowest BCUT2D eigenvalue weighted by Crippen LogP contribution is -2.55. The second kappa shape index (κ2) is 7.57. The number of fused-ring (bicyclic) bond motifs is 1. The molecule has 1 aromatic rings. The van der Waals surface area contributed by atoms with Gasteiger partial charge in [-0.05, 0) is 19.9 Å². The molecule has 0 spiro atoms. The standard InChI is InChI=1S/C20H22N2O7/c1-5-8-27-14-10-17(24)21(11-14)18-15-9-13(22(25)26)6-7-16(15)29-20(3,4)19(18)28-12(2)23/h5-7,9-10,18-19H,1,8,11H2,2-4H3/t18-,19+/m0/s1. The fourth-order valence-electron chi connectivity index (χ4n) is 3.58. The maximum Gasteiger partial charge on any atom is 0.303 e. The number of rotatable bonds is 6. The van der Waals surface area contributed by atoms with Crippen molar-refractivity contribution < 1.29 is 28.7 Å². The molecule has 2 heterocycles. The van der Waals surface area contributed by atoms with E-state index in [2.05, 4.69) is 6.58 Å². The number of hydrogen-bond donors (Lipinski definition) is 0. The number of hydrogen-bond acceptors (Lipinski definition) is 7. The van der Waals surface area contributed by atoms with Crippen LogP contribution >= 0.6 is 0 Å². The number of benzene rings is 1. The van der Waals surface area contributed by atoms with Crippen LogP contribution in [0.3, 0.4) is 0 Å². The monoisotopic (exact) mass is 402 g/mol. The van der Waals surface area contributed by atoms with E-state index in [4.69, 9.17) is 14.2 Å². The number of nitro benzene ring substituents is 1. The van der Waals surface area contributed by atoms with Gasteiger partial charge in [0.25, 0.3) is 11.6 Å². The molecule has 9 heteroatoms. The zero-order valence-corrected chi connectivity index (χ0v) is 16.4. The highest BCUT2D eigenvalue weighted by atomic mass is 16.6. The van der Waals surface area contributed by atoms with Gasteiger partial charge in [-0.2, -0.15) is 0 Å². The minimum atomic E-state index is -0.982. The number of carbonyl (C=O) groups is 2. The van der Waals surface area contributed by atoms with Gasteiger partial charge in [-0.25, -0.2) is 0 Å². The number of esters is 1. The first kappa shape index (κ1) is 20.4. The summed E-state index contributed by atoms with van der Waals surface area (Å²) < 4.78 is 17.0. The molecule has 0 bridgehead atoms. The Morgan fingerprint density at radius 2 is 2.21 bits per heavy atom. The van der Waals surface area contributed by atoms with E-state index in [1.165, 1.54) is 36.1 Å². The number of carbonyl (C=O) groups excluding carboxylic acids is 2. The van der Waals surface area contributed by atoms with Crippen LogP contribution in [0, 0.1) is 10.1 Å². The second-order valence-corrected chi connectivity index (χ2v) is 7.34. The van der Waals surface area contributed by atoms with Crippen molar-refractivity contribution in [3.63, 3.8) is 0 Å². The molecular weight excluding hydrogens is 380 g/mol. The fraction of sp³-hybridized carbons (Fsp3) is 0.400. The van der Waals surface area contributed by atoms with E-state index in [0.717, 1.165) is 0 Å². The van der Waals surface area contributed by atoms with Crippen molar-refractivity contribution in [3.8, 4) is 5.75 Å². The van der Waals surface area contributed by atoms with Crippen LogP contribution in [-0.4, -0.2) is 46.6 Å². The lowest BCUT2D eigenvalue weighted by atomic mass is 9.85. The van der Waals surface area contributed by atoms with Gasteiger partial charge in [0.1, 0.15) is 29.8 Å². The molecule has 0 saturated heterocycles. The van der Waals surface area contributed by atoms with Crippen LogP contribution in [0.5, 0.6) is 5.75 Å². The van der Waals surface area contributed by atoms with E-state index < -0.39 is 28.6 Å². The van der Waals surface area contributed by atoms with Gasteiger partial charge in [-0.3, -0.25) is 19.7 Å². The molecule has 0 unspecified atom stereocenters. The number of ether oxygens (including phenoxy) is 3. The first-order valence-corrected chi connectivity index (χ1v) is 9.03. The summed E-state index contributed by atoms with van der Waals surface area (Å²) in [5, 5.41) is 11.3. The molecule has 0 fully saturated rings. The Morgan fingerprint density at radius 3 is 2.83 bits per heavy atom. The number of non-ortho nitro benzene ring substituents is 1. The molecule has 1 aromatic carbocycles. The Kier molecular flexibility index (Phi) is 5.32. The zero-order valence-electron chi connectivity index (χ0n) is 16.4. The Balaban J connectivity index is 2.08. The van der Waals surface area contributed by atoms with Crippen molar-refractivity contribution in [2.45, 2.75) is 38.5 Å². The first-order chi connectivity index (χ1) is 13.6. The SMILES string of the molecule is C=CCOC1=CC(=O)N([C@H]2c3cc([N+](=O)[O-])ccc3OC(C)(C)[C@@H]2OC(C)=O)C1. The lowest BCUT2D eigenvalue weighted by Gasteiger charge is -2.46. The van der Waals surface area contributed by atoms with Gasteiger partial charge in [-0.1, -0.05) is 12.7 Å². The molecule has 0 N–H and O–H groups in total. The van der Waals surface area contributed by atoms with Crippen molar-refractivity contribution in [1.82, 2.24) is 4.90 Å². The average Bonchev–Trinajstić information content (AvgIpc) is 2.99. The molecule has 0 saturated carbocycles. The average molecular weight is 402 g/mol. The Labute approximate surface area is 167 Å². The smallest absolute Gasteiger partial charge is 0.303 e. The van der Waals surface area contributed by atoms with E-state index in [1.807, 2.05) is 0 Å². The van der Waals surface area contributed by atoms with E-state index in [9.17, 15) is 19.7 Å². The molecule has 2 aliphatic heterocycles. The van der Waals surface area contributed by atoms with Crippen LogP contribution in [0.4, 0.5) is 5.69 Å². The molecule has 154 valence electrons. The highest BCUT2D eigenvalue weighted by Gasteiger charge is 2.51. The minimum absolute atomic E-state index is 0.132. The molecule has 29 heavy (non-hydrogen) atoms. The Hall–Kier alpha value is -3.36. The normalized spacial score (nSPS) is 22.2. The molecule has 2 aliphatic rings. The third-order valence-corrected chi connectivity index (χ3v) is 4.78. The van der Waals surface area contributed by atoms with Crippen LogP contribution in [-0.2, 0) is 19.1 Å². The zero-order chi connectivity index (χ0) is 21.3. The van der Waals surface area contributed by atoms with Gasteiger partial charge in [-0.15, -0.1) is 0 Å². The van der Waals surface area contributed by atoms with Crippen molar-refractivity contribution in [3.05, 3.63) is 58.4 Å². The number of nitro groups is 1. The summed E-state index contributed by atoms with van der Waals surface area (Å²) in [5.74, 6) is -0.0651. The number of nitrogens with zero attached hydrogens (tertiary/aromatic N) is 2. The molecule has 3 rings (SSSR count). The highest BCUT2D eigenvalue weighted by molar-refractivity contribution is 5.91. The maximum absolute atomic E-state index is 12.7. The van der Waals surface area contributed by atoms with Crippen LogP contribution < -0.4 is 4.74 Å². The predicted molar refractivity (Wildman–Crippen MR) is 102 cm³/mol. The van der Waals surface area contributed by atoms with Crippen molar-refractivity contribution in [1.29, 1.82) is 0 Å². The van der Waals surface area contributed by atoms with Crippen LogP contribution in [0.1, 0.15) is 32.4 Å². The largest absolute Gasteiger partial charge is 0.492 e. The van der Waals surface area contributed by atoms with Crippen LogP contribution in [0.15, 0.2) is 42.7 Å². The van der Waals surface area contributed by atoms with Crippen molar-refractivity contribution >= 4 is 17.6 Å². The summed E-state index contributed by atoms with van der Waals surface area (Å²) in [6.45, 7) is 8.69. The molecule has 9 nitrogen and oxygen atoms in total. The molecule has 0 aromatic heterocycles. The van der Waals surface area contributed by atoms with Crippen molar-refractivity contribution in [2.24, 2.45) is 0 Å². The number of amides is 1. The lowest BCUT2D eigenvalue weighted by molar-refractivity contribution is -0.385. The van der Waals surface area contributed by atoms with Gasteiger partial charge in [0, 0.05) is 30.7 Å². The predicted octanol–water partition coefficient (Wildman–Crippen LogP) is 2.67. The van der Waals surface area contributed by atoms with Gasteiger partial charge < -0.3 is 19.1 Å². The van der Waals surface area contributed by atoms with Gasteiger partial charge in [0.15, 0.2) is 6.10 Å². The van der Waals surface area contributed by atoms with E-state index >= 15 is 0 Å². The molecular formula is C20H22N2O7. The summed E-state index contributed by atoms with van der Waals surface area (Å²) in [5.41, 5.74) is -0.734. The van der Waals surface area contributed by atoms with E-state index in [0.29, 0.717) is 17.1 Å². The van der Waals surface area contributed by atoms with Crippen molar-refractivity contribution in [2.75, 3.05) is 13.2 Å². The third-order valence-electron chi connectivity index (χ3n) is 4.78. The summed E-state index contributed by atoms with van der Waals surface area (Å²) in [6, 6.07) is 3.39. The molecule has 0 aliphatic carbocycles.